The van der Waals surface area contributed by atoms with Crippen molar-refractivity contribution in [2.75, 3.05) is 18.5 Å². The summed E-state index contributed by atoms with van der Waals surface area (Å²) in [6.45, 7) is 2.65. The average Bonchev–Trinajstić information content (AvgIpc) is 2.51. The minimum Gasteiger partial charge on any atom is -0.491 e. The van der Waals surface area contributed by atoms with Crippen molar-refractivity contribution in [2.45, 2.75) is 13.0 Å². The molecule has 21 heavy (non-hydrogen) atoms. The van der Waals surface area contributed by atoms with Gasteiger partial charge in [0.1, 0.15) is 18.5 Å². The van der Waals surface area contributed by atoms with E-state index < -0.39 is 6.10 Å². The second-order valence-electron chi connectivity index (χ2n) is 4.89. The van der Waals surface area contributed by atoms with Crippen LogP contribution in [-0.2, 0) is 0 Å². The molecule has 0 heterocycles. The van der Waals surface area contributed by atoms with Gasteiger partial charge in [0.2, 0.25) is 0 Å². The van der Waals surface area contributed by atoms with Crippen molar-refractivity contribution in [1.82, 2.24) is 0 Å². The van der Waals surface area contributed by atoms with E-state index in [1.54, 1.807) is 0 Å². The summed E-state index contributed by atoms with van der Waals surface area (Å²) >= 11 is 0. The molecular weight excluding hydrogens is 262 g/mol. The summed E-state index contributed by atoms with van der Waals surface area (Å²) in [4.78, 5) is 0. The van der Waals surface area contributed by atoms with Gasteiger partial charge in [-0.05, 0) is 42.8 Å². The maximum Gasteiger partial charge on any atom is 0.119 e. The van der Waals surface area contributed by atoms with Gasteiger partial charge in [-0.2, -0.15) is 0 Å². The minimum absolute atomic E-state index is 0.241. The molecule has 108 valence electrons. The number of ether oxygens (including phenoxy) is 1. The molecule has 0 bridgehead atoms. The summed E-state index contributed by atoms with van der Waals surface area (Å²) in [5.74, 6) is 3.35. The van der Waals surface area contributed by atoms with Crippen LogP contribution in [0.25, 0.3) is 0 Å². The lowest BCUT2D eigenvalue weighted by molar-refractivity contribution is 0.117. The van der Waals surface area contributed by atoms with E-state index in [1.165, 1.54) is 0 Å². The molecule has 0 amide bonds. The third-order valence-corrected chi connectivity index (χ3v) is 3.00. The number of anilines is 1. The normalized spacial score (nSPS) is 11.5. The van der Waals surface area contributed by atoms with Gasteiger partial charge in [-0.25, -0.2) is 0 Å². The summed E-state index contributed by atoms with van der Waals surface area (Å²) in [7, 11) is 0. The Bertz CT molecular complexity index is 631. The Labute approximate surface area is 125 Å². The number of nitrogens with one attached hydrogen (secondary N) is 1. The highest BCUT2D eigenvalue weighted by Crippen LogP contribution is 2.13. The van der Waals surface area contributed by atoms with Gasteiger partial charge in [0.05, 0.1) is 0 Å². The Hall–Kier alpha value is -2.44. The topological polar surface area (TPSA) is 41.5 Å². The Morgan fingerprint density at radius 3 is 2.81 bits per heavy atom. The second-order valence-corrected chi connectivity index (χ2v) is 4.89. The monoisotopic (exact) mass is 281 g/mol. The van der Waals surface area contributed by atoms with Gasteiger partial charge in [0.25, 0.3) is 0 Å². The van der Waals surface area contributed by atoms with E-state index in [-0.39, 0.29) is 6.61 Å². The first-order chi connectivity index (χ1) is 10.2. The zero-order valence-corrected chi connectivity index (χ0v) is 12.0. The van der Waals surface area contributed by atoms with E-state index in [2.05, 4.69) is 11.2 Å². The van der Waals surface area contributed by atoms with Crippen LogP contribution in [0.5, 0.6) is 5.75 Å². The molecule has 2 rings (SSSR count). The summed E-state index contributed by atoms with van der Waals surface area (Å²) in [5, 5.41) is 13.1. The summed E-state index contributed by atoms with van der Waals surface area (Å²) in [5.41, 5.74) is 2.83. The quantitative estimate of drug-likeness (QED) is 0.800. The van der Waals surface area contributed by atoms with Gasteiger partial charge in [0.15, 0.2) is 0 Å². The van der Waals surface area contributed by atoms with E-state index >= 15 is 0 Å². The number of aliphatic hydroxyl groups is 1. The van der Waals surface area contributed by atoms with Crippen LogP contribution in [0.2, 0.25) is 0 Å². The molecule has 2 aromatic rings. The van der Waals surface area contributed by atoms with E-state index in [0.29, 0.717) is 6.54 Å². The molecule has 1 unspecified atom stereocenters. The molecule has 0 aliphatic carbocycles. The largest absolute Gasteiger partial charge is 0.491 e. The molecule has 0 aliphatic heterocycles. The van der Waals surface area contributed by atoms with E-state index in [4.69, 9.17) is 11.2 Å². The number of benzene rings is 2. The number of hydrogen-bond acceptors (Lipinski definition) is 3. The highest BCUT2D eigenvalue weighted by molar-refractivity contribution is 5.49. The van der Waals surface area contributed by atoms with Crippen LogP contribution in [0.15, 0.2) is 48.5 Å². The smallest absolute Gasteiger partial charge is 0.119 e. The van der Waals surface area contributed by atoms with Gasteiger partial charge in [-0.15, -0.1) is 6.42 Å². The van der Waals surface area contributed by atoms with Crippen molar-refractivity contribution in [1.29, 1.82) is 0 Å². The number of aliphatic hydroxyl groups excluding tert-OH is 1. The predicted molar refractivity (Wildman–Crippen MR) is 85.5 cm³/mol. The lowest BCUT2D eigenvalue weighted by atomic mass is 10.2. The van der Waals surface area contributed by atoms with Crippen molar-refractivity contribution in [3.05, 3.63) is 59.7 Å². The van der Waals surface area contributed by atoms with E-state index in [1.807, 2.05) is 55.5 Å². The Morgan fingerprint density at radius 1 is 1.24 bits per heavy atom. The summed E-state index contributed by atoms with van der Waals surface area (Å²) in [6.07, 6.45) is 4.75. The standard InChI is InChI=1S/C18H19NO2/c1-3-15-7-5-8-16(11-15)19-12-17(20)13-21-18-9-4-6-14(2)10-18/h1,4-11,17,19-20H,12-13H2,2H3. The first-order valence-corrected chi connectivity index (χ1v) is 6.85. The lowest BCUT2D eigenvalue weighted by Gasteiger charge is -2.14. The van der Waals surface area contributed by atoms with Gasteiger partial charge in [-0.3, -0.25) is 0 Å². The fraction of sp³-hybridized carbons (Fsp3) is 0.222. The maximum atomic E-state index is 9.94. The number of terminal acetylenes is 1. The van der Waals surface area contributed by atoms with Crippen LogP contribution in [0.3, 0.4) is 0 Å². The minimum atomic E-state index is -0.597. The van der Waals surface area contributed by atoms with Crippen LogP contribution >= 0.6 is 0 Å². The zero-order valence-electron chi connectivity index (χ0n) is 12.0. The Morgan fingerprint density at radius 2 is 2.05 bits per heavy atom. The molecule has 0 spiro atoms. The maximum absolute atomic E-state index is 9.94. The Balaban J connectivity index is 1.79. The van der Waals surface area contributed by atoms with Crippen molar-refractivity contribution >= 4 is 5.69 Å². The van der Waals surface area contributed by atoms with Gasteiger partial charge in [-0.1, -0.05) is 24.1 Å². The SMILES string of the molecule is C#Cc1cccc(NCC(O)COc2cccc(C)c2)c1. The molecular formula is C18H19NO2. The number of rotatable bonds is 6. The zero-order chi connectivity index (χ0) is 15.1. The third-order valence-electron chi connectivity index (χ3n) is 3.00. The van der Waals surface area contributed by atoms with Crippen LogP contribution in [0, 0.1) is 19.3 Å². The molecule has 1 atom stereocenters. The van der Waals surface area contributed by atoms with Crippen LogP contribution < -0.4 is 10.1 Å². The Kier molecular flexibility index (Phi) is 5.25. The van der Waals surface area contributed by atoms with Crippen LogP contribution in [0.1, 0.15) is 11.1 Å². The van der Waals surface area contributed by atoms with Crippen molar-refractivity contribution < 1.29 is 9.84 Å². The highest BCUT2D eigenvalue weighted by Gasteiger charge is 2.05. The van der Waals surface area contributed by atoms with Crippen LogP contribution in [0.4, 0.5) is 5.69 Å². The first-order valence-electron chi connectivity index (χ1n) is 6.85. The molecule has 3 nitrogen and oxygen atoms in total. The molecule has 3 heteroatoms. The molecule has 0 saturated carbocycles. The molecule has 0 saturated heterocycles. The van der Waals surface area contributed by atoms with Crippen molar-refractivity contribution in [2.24, 2.45) is 0 Å². The summed E-state index contributed by atoms with van der Waals surface area (Å²) in [6, 6.07) is 15.3. The molecule has 0 aliphatic rings. The van der Waals surface area contributed by atoms with E-state index in [0.717, 1.165) is 22.6 Å². The molecule has 0 radical (unpaired) electrons. The molecule has 2 N–H and O–H groups in total. The first kappa shape index (κ1) is 15.0. The fourth-order valence-corrected chi connectivity index (χ4v) is 1.91. The van der Waals surface area contributed by atoms with Crippen molar-refractivity contribution in [3.63, 3.8) is 0 Å². The van der Waals surface area contributed by atoms with E-state index in [9.17, 15) is 5.11 Å². The highest BCUT2D eigenvalue weighted by atomic mass is 16.5. The van der Waals surface area contributed by atoms with Crippen LogP contribution in [-0.4, -0.2) is 24.4 Å². The van der Waals surface area contributed by atoms with Crippen molar-refractivity contribution in [3.8, 4) is 18.1 Å². The molecule has 0 aromatic heterocycles. The molecule has 2 aromatic carbocycles. The summed E-state index contributed by atoms with van der Waals surface area (Å²) < 4.78 is 5.56. The fourth-order valence-electron chi connectivity index (χ4n) is 1.91. The van der Waals surface area contributed by atoms with Gasteiger partial charge >= 0.3 is 0 Å². The third kappa shape index (κ3) is 4.87. The van der Waals surface area contributed by atoms with Gasteiger partial charge < -0.3 is 15.2 Å². The predicted octanol–water partition coefficient (Wildman–Crippen LogP) is 2.83. The van der Waals surface area contributed by atoms with Gasteiger partial charge in [0, 0.05) is 17.8 Å². The average molecular weight is 281 g/mol. The number of aryl methyl sites for hydroxylation is 1. The molecule has 0 fully saturated rings. The second kappa shape index (κ2) is 7.37. The lowest BCUT2D eigenvalue weighted by Crippen LogP contribution is -2.26. The number of hydrogen-bond donors (Lipinski definition) is 2.